The number of phenols is 2. The summed E-state index contributed by atoms with van der Waals surface area (Å²) in [6, 6.07) is 57.1. The van der Waals surface area contributed by atoms with Crippen LogP contribution in [0.1, 0.15) is 0 Å². The van der Waals surface area contributed by atoms with Gasteiger partial charge in [0.1, 0.15) is 47.7 Å². The summed E-state index contributed by atoms with van der Waals surface area (Å²) in [6.45, 7) is 0. The molecule has 228 valence electrons. The summed E-state index contributed by atoms with van der Waals surface area (Å²) in [5.74, 6) is 0.767. The Balaban J connectivity index is 0.000000215. The minimum absolute atomic E-state index is 0. The van der Waals surface area contributed by atoms with Crippen LogP contribution in [0.4, 0.5) is 0 Å². The molecule has 0 heterocycles. The molecule has 0 fully saturated rings. The van der Waals surface area contributed by atoms with Crippen LogP contribution in [0.5, 0.6) is 11.5 Å². The van der Waals surface area contributed by atoms with Crippen molar-refractivity contribution in [3.8, 4) is 15.8 Å². The summed E-state index contributed by atoms with van der Waals surface area (Å²) in [5.41, 5.74) is 0. The number of hydrogen-bond donors (Lipinski definition) is 2. The summed E-state index contributed by atoms with van der Waals surface area (Å²) < 4.78 is 2.95. The van der Waals surface area contributed by atoms with Crippen molar-refractivity contribution in [3.05, 3.63) is 170 Å². The van der Waals surface area contributed by atoms with Gasteiger partial charge in [-0.3, -0.25) is 0 Å². The molecule has 6 rings (SSSR count). The van der Waals surface area contributed by atoms with E-state index < -0.39 is 15.8 Å². The van der Waals surface area contributed by atoms with Crippen molar-refractivity contribution in [1.82, 2.24) is 0 Å². The molecule has 0 spiro atoms. The van der Waals surface area contributed by atoms with E-state index in [4.69, 9.17) is 0 Å². The van der Waals surface area contributed by atoms with Gasteiger partial charge in [-0.2, -0.15) is 0 Å². The Hall–Kier alpha value is -3.39. The van der Waals surface area contributed by atoms with Crippen LogP contribution in [-0.2, 0) is 18.5 Å². The van der Waals surface area contributed by atoms with Gasteiger partial charge in [0.15, 0.2) is 11.5 Å². The third kappa shape index (κ3) is 10.6. The van der Waals surface area contributed by atoms with Crippen molar-refractivity contribution in [2.24, 2.45) is 0 Å². The molecule has 7 heteroatoms. The molecule has 0 bridgehead atoms. The van der Waals surface area contributed by atoms with Gasteiger partial charge in [-0.05, 0) is 72.8 Å². The Morgan fingerprint density at radius 1 is 0.444 bits per heavy atom. The topological polar surface area (TPSA) is 72.0 Å². The first kappa shape index (κ1) is 36.1. The first-order valence-electron chi connectivity index (χ1n) is 14.2. The number of aromatic hydroxyl groups is 2. The van der Waals surface area contributed by atoms with E-state index in [1.165, 1.54) is 21.2 Å². The van der Waals surface area contributed by atoms with Gasteiger partial charge in [0, 0.05) is 0 Å². The molecule has 0 aromatic heterocycles. The molecule has 0 aliphatic carbocycles. The minimum atomic E-state index is -1.16. The fraction of sp³-hybridized carbons (Fsp3) is 0.0263. The zero-order valence-electron chi connectivity index (χ0n) is 24.7. The summed E-state index contributed by atoms with van der Waals surface area (Å²) in [5, 5.41) is 27.7. The van der Waals surface area contributed by atoms with E-state index in [1.54, 1.807) is 30.7 Å². The second-order valence-corrected chi connectivity index (χ2v) is 15.8. The summed E-state index contributed by atoms with van der Waals surface area (Å²) >= 11 is 1.59. The van der Waals surface area contributed by atoms with Gasteiger partial charge >= 0.3 is 38.2 Å². The van der Waals surface area contributed by atoms with E-state index in [-0.39, 0.29) is 5.48 Å². The van der Waals surface area contributed by atoms with Crippen LogP contribution in [-0.4, -0.2) is 21.9 Å². The SMILES string of the molecule is O.Oc1ccccc1[PH+](c1ccccc1)c1ccccc1.Oc1ccccc1[PH+](c1ccccc1)c1ccccc1.PC[C]#[Re]. The normalized spacial score (nSPS) is 9.93. The second kappa shape index (κ2) is 19.9. The van der Waals surface area contributed by atoms with E-state index >= 15 is 0 Å². The second-order valence-electron chi connectivity index (χ2n) is 9.59. The summed E-state index contributed by atoms with van der Waals surface area (Å²) in [4.78, 5) is 0. The molecular formula is C38H38O3P3Re+2. The van der Waals surface area contributed by atoms with Crippen LogP contribution in [0.2, 0.25) is 0 Å². The van der Waals surface area contributed by atoms with E-state index in [1.807, 2.05) is 60.7 Å². The number of benzene rings is 6. The van der Waals surface area contributed by atoms with Crippen molar-refractivity contribution in [2.75, 3.05) is 6.16 Å². The van der Waals surface area contributed by atoms with Crippen LogP contribution >= 0.6 is 25.1 Å². The van der Waals surface area contributed by atoms with Gasteiger partial charge < -0.3 is 15.7 Å². The fourth-order valence-corrected chi connectivity index (χ4v) is 9.96. The Labute approximate surface area is 281 Å². The predicted molar refractivity (Wildman–Crippen MR) is 198 cm³/mol. The third-order valence-corrected chi connectivity index (χ3v) is 14.1. The van der Waals surface area contributed by atoms with Crippen LogP contribution < -0.4 is 31.8 Å². The number of para-hydroxylation sites is 2. The Morgan fingerprint density at radius 3 is 0.889 bits per heavy atom. The molecule has 4 N–H and O–H groups in total. The van der Waals surface area contributed by atoms with Crippen molar-refractivity contribution >= 4 is 56.9 Å². The molecule has 0 amide bonds. The third-order valence-electron chi connectivity index (χ3n) is 6.67. The first-order valence-corrected chi connectivity index (χ1v) is 19.4. The molecule has 0 saturated carbocycles. The van der Waals surface area contributed by atoms with Crippen molar-refractivity contribution < 1.29 is 34.2 Å². The standard InChI is InChI=1S/2C18H15OP.C2H4P.H2O.Re/c2*19-17-13-7-8-14-18(17)20(15-9-3-1-4-10-15)16-11-5-2-6-12-16;1-2-3;;/h2*1-14,19H;2-3H2;1H2;/p+2. The van der Waals surface area contributed by atoms with Crippen molar-refractivity contribution in [2.45, 2.75) is 0 Å². The average Bonchev–Trinajstić information content (AvgIpc) is 3.09. The quantitative estimate of drug-likeness (QED) is 0.224. The maximum atomic E-state index is 10.2. The molecule has 1 unspecified atom stereocenters. The molecule has 3 nitrogen and oxygen atoms in total. The maximum absolute atomic E-state index is 10.2. The molecule has 1 atom stereocenters. The molecule has 0 aliphatic rings. The Kier molecular flexibility index (Phi) is 15.9. The first-order chi connectivity index (χ1) is 21.6. The van der Waals surface area contributed by atoms with Crippen LogP contribution in [0.25, 0.3) is 0 Å². The van der Waals surface area contributed by atoms with Gasteiger partial charge in [-0.1, -0.05) is 97.1 Å². The van der Waals surface area contributed by atoms with Gasteiger partial charge in [0.2, 0.25) is 0 Å². The Morgan fingerprint density at radius 2 is 0.667 bits per heavy atom. The molecule has 6 aromatic rings. The van der Waals surface area contributed by atoms with E-state index in [0.717, 1.165) is 16.8 Å². The monoisotopic (exact) mass is 822 g/mol. The van der Waals surface area contributed by atoms with Gasteiger partial charge in [0.25, 0.3) is 0 Å². The van der Waals surface area contributed by atoms with Gasteiger partial charge in [-0.25, -0.2) is 0 Å². The summed E-state index contributed by atoms with van der Waals surface area (Å²) in [6.07, 6.45) is 1.01. The molecule has 6 aromatic carbocycles. The summed E-state index contributed by atoms with van der Waals surface area (Å²) in [7, 11) is 0.243. The van der Waals surface area contributed by atoms with Gasteiger partial charge in [0.05, 0.1) is 0 Å². The Bertz CT molecular complexity index is 1530. The van der Waals surface area contributed by atoms with Crippen LogP contribution in [0, 0.1) is 4.29 Å². The molecule has 0 radical (unpaired) electrons. The number of rotatable bonds is 6. The zero-order valence-corrected chi connectivity index (χ0v) is 30.6. The molecule has 45 heavy (non-hydrogen) atoms. The fourth-order valence-electron chi connectivity index (χ4n) is 4.74. The van der Waals surface area contributed by atoms with Crippen LogP contribution in [0.15, 0.2) is 170 Å². The molecule has 0 aliphatic heterocycles. The van der Waals surface area contributed by atoms with Crippen molar-refractivity contribution in [3.63, 3.8) is 0 Å². The predicted octanol–water partition coefficient (Wildman–Crippen LogP) is 5.31. The van der Waals surface area contributed by atoms with E-state index in [0.29, 0.717) is 11.5 Å². The average molecular weight is 822 g/mol. The van der Waals surface area contributed by atoms with Crippen molar-refractivity contribution in [1.29, 1.82) is 0 Å². The van der Waals surface area contributed by atoms with Crippen LogP contribution in [0.3, 0.4) is 0 Å². The van der Waals surface area contributed by atoms with E-state index in [2.05, 4.69) is 111 Å². The van der Waals surface area contributed by atoms with E-state index in [9.17, 15) is 10.2 Å². The molecular weight excluding hydrogens is 784 g/mol. The number of hydrogen-bond acceptors (Lipinski definition) is 2. The number of phenolic OH excluding ortho intramolecular Hbond substituents is 2. The van der Waals surface area contributed by atoms with Gasteiger partial charge in [-0.15, -0.1) is 0 Å². The zero-order chi connectivity index (χ0) is 31.0. The molecule has 0 saturated heterocycles.